The van der Waals surface area contributed by atoms with Gasteiger partial charge in [0.15, 0.2) is 5.78 Å². The van der Waals surface area contributed by atoms with Crippen molar-refractivity contribution in [3.8, 4) is 0 Å². The molecule has 1 aromatic heterocycles. The van der Waals surface area contributed by atoms with Gasteiger partial charge in [-0.2, -0.15) is 0 Å². The van der Waals surface area contributed by atoms with Crippen molar-refractivity contribution in [2.75, 3.05) is 0 Å². The summed E-state index contributed by atoms with van der Waals surface area (Å²) in [5.41, 5.74) is 0.778. The van der Waals surface area contributed by atoms with Crippen LogP contribution in [0.1, 0.15) is 20.1 Å². The van der Waals surface area contributed by atoms with Gasteiger partial charge in [0, 0.05) is 17.4 Å². The van der Waals surface area contributed by atoms with E-state index in [1.165, 1.54) is 23.5 Å². The zero-order valence-electron chi connectivity index (χ0n) is 10.7. The van der Waals surface area contributed by atoms with Gasteiger partial charge >= 0.3 is 5.97 Å². The van der Waals surface area contributed by atoms with Crippen molar-refractivity contribution >= 4 is 23.1 Å². The highest BCUT2D eigenvalue weighted by atomic mass is 32.1. The number of benzene rings is 1. The summed E-state index contributed by atoms with van der Waals surface area (Å²) in [6.45, 7) is 0. The number of halogens is 1. The third kappa shape index (κ3) is 4.00. The number of aliphatic carboxylic acids is 1. The van der Waals surface area contributed by atoms with E-state index in [0.717, 1.165) is 10.4 Å². The van der Waals surface area contributed by atoms with Crippen LogP contribution in [0.2, 0.25) is 0 Å². The molecule has 0 amide bonds. The number of rotatable bonds is 5. The van der Waals surface area contributed by atoms with Gasteiger partial charge in [-0.3, -0.25) is 4.79 Å². The smallest absolute Gasteiger partial charge is 0.371 e. The second kappa shape index (κ2) is 6.32. The molecule has 0 aliphatic rings. The van der Waals surface area contributed by atoms with E-state index in [9.17, 15) is 14.0 Å². The summed E-state index contributed by atoms with van der Waals surface area (Å²) in [7, 11) is 0. The van der Waals surface area contributed by atoms with Gasteiger partial charge in [-0.1, -0.05) is 12.1 Å². The first-order valence-corrected chi connectivity index (χ1v) is 6.79. The summed E-state index contributed by atoms with van der Waals surface area (Å²) in [6.07, 6.45) is 1.14. The van der Waals surface area contributed by atoms with Crippen molar-refractivity contribution in [1.82, 2.24) is 0 Å². The van der Waals surface area contributed by atoms with E-state index in [2.05, 4.69) is 0 Å². The number of carboxylic acid groups (broad SMARTS) is 1. The van der Waals surface area contributed by atoms with Gasteiger partial charge in [-0.15, -0.1) is 11.3 Å². The molecule has 0 saturated carbocycles. The Morgan fingerprint density at radius 1 is 1.19 bits per heavy atom. The minimum Gasteiger partial charge on any atom is -0.502 e. The lowest BCUT2D eigenvalue weighted by atomic mass is 10.1. The first-order chi connectivity index (χ1) is 9.95. The molecule has 0 atom stereocenters. The Kier molecular flexibility index (Phi) is 4.49. The van der Waals surface area contributed by atoms with Crippen LogP contribution in [-0.2, 0) is 11.2 Å². The van der Waals surface area contributed by atoms with Gasteiger partial charge < -0.3 is 10.2 Å². The van der Waals surface area contributed by atoms with Crippen molar-refractivity contribution in [3.63, 3.8) is 0 Å². The van der Waals surface area contributed by atoms with Gasteiger partial charge in [0.25, 0.3) is 0 Å². The number of ketones is 1. The maximum absolute atomic E-state index is 13.1. The molecule has 0 fully saturated rings. The van der Waals surface area contributed by atoms with Crippen LogP contribution < -0.4 is 0 Å². The van der Waals surface area contributed by atoms with Gasteiger partial charge in [0.2, 0.25) is 5.76 Å². The topological polar surface area (TPSA) is 74.6 Å². The van der Waals surface area contributed by atoms with E-state index in [-0.39, 0.29) is 5.82 Å². The number of aliphatic hydroxyl groups excluding tert-OH is 1. The Morgan fingerprint density at radius 3 is 2.62 bits per heavy atom. The lowest BCUT2D eigenvalue weighted by Gasteiger charge is -1.98. The number of hydrogen-bond acceptors (Lipinski definition) is 4. The highest BCUT2D eigenvalue weighted by Gasteiger charge is 2.12. The quantitative estimate of drug-likeness (QED) is 0.505. The van der Waals surface area contributed by atoms with E-state index in [0.29, 0.717) is 17.4 Å². The standard InChI is InChI=1S/C15H11FO4S/c16-10-3-1-2-9(6-10)7-11-4-5-14(21-11)12(17)8-13(18)15(19)20/h1-6,8,18H,7H2,(H,19,20). The molecule has 108 valence electrons. The maximum atomic E-state index is 13.1. The third-order valence-electron chi connectivity index (χ3n) is 2.66. The van der Waals surface area contributed by atoms with Crippen LogP contribution in [0.15, 0.2) is 48.2 Å². The highest BCUT2D eigenvalue weighted by molar-refractivity contribution is 7.14. The van der Waals surface area contributed by atoms with E-state index >= 15 is 0 Å². The minimum atomic E-state index is -1.56. The summed E-state index contributed by atoms with van der Waals surface area (Å²) < 4.78 is 13.1. The van der Waals surface area contributed by atoms with Crippen LogP contribution in [0.3, 0.4) is 0 Å². The van der Waals surface area contributed by atoms with Gasteiger partial charge in [0.05, 0.1) is 4.88 Å². The van der Waals surface area contributed by atoms with Gasteiger partial charge in [-0.05, 0) is 29.8 Å². The van der Waals surface area contributed by atoms with E-state index in [1.54, 1.807) is 24.3 Å². The lowest BCUT2D eigenvalue weighted by molar-refractivity contribution is -0.135. The fourth-order valence-corrected chi connectivity index (χ4v) is 2.66. The molecule has 0 bridgehead atoms. The largest absolute Gasteiger partial charge is 0.502 e. The Labute approximate surface area is 123 Å². The van der Waals surface area contributed by atoms with E-state index in [4.69, 9.17) is 10.2 Å². The maximum Gasteiger partial charge on any atom is 0.371 e. The van der Waals surface area contributed by atoms with Crippen LogP contribution >= 0.6 is 11.3 Å². The summed E-state index contributed by atoms with van der Waals surface area (Å²) in [4.78, 5) is 23.3. The molecule has 0 radical (unpaired) electrons. The summed E-state index contributed by atoms with van der Waals surface area (Å²) >= 11 is 1.17. The summed E-state index contributed by atoms with van der Waals surface area (Å²) in [5, 5.41) is 17.5. The number of carbonyl (C=O) groups is 2. The fraction of sp³-hybridized carbons (Fsp3) is 0.0667. The van der Waals surface area contributed by atoms with Gasteiger partial charge in [0.1, 0.15) is 5.82 Å². The second-order valence-electron chi connectivity index (χ2n) is 4.27. The Balaban J connectivity index is 2.13. The molecule has 2 rings (SSSR count). The predicted octanol–water partition coefficient (Wildman–Crippen LogP) is 3.19. The molecule has 2 aromatic rings. The molecule has 6 heteroatoms. The van der Waals surface area contributed by atoms with Crippen LogP contribution in [0, 0.1) is 5.82 Å². The number of allylic oxidation sites excluding steroid dienone is 1. The molecule has 1 heterocycles. The van der Waals surface area contributed by atoms with Crippen LogP contribution in [0.5, 0.6) is 0 Å². The molecule has 0 unspecified atom stereocenters. The third-order valence-corrected chi connectivity index (χ3v) is 3.76. The van der Waals surface area contributed by atoms with Crippen molar-refractivity contribution < 1.29 is 24.2 Å². The Hall–Kier alpha value is -2.47. The van der Waals surface area contributed by atoms with E-state index in [1.807, 2.05) is 0 Å². The van der Waals surface area contributed by atoms with Crippen molar-refractivity contribution in [1.29, 1.82) is 0 Å². The number of carbonyl (C=O) groups excluding carboxylic acids is 1. The normalized spacial score (nSPS) is 11.4. The van der Waals surface area contributed by atoms with Gasteiger partial charge in [-0.25, -0.2) is 9.18 Å². The number of aliphatic hydroxyl groups is 1. The molecule has 0 aliphatic carbocycles. The minimum absolute atomic E-state index is 0.314. The molecule has 4 nitrogen and oxygen atoms in total. The summed E-state index contributed by atoms with van der Waals surface area (Å²) in [6, 6.07) is 9.42. The SMILES string of the molecule is O=C(O)C(O)=CC(=O)c1ccc(Cc2cccc(F)c2)s1. The Morgan fingerprint density at radius 2 is 1.95 bits per heavy atom. The van der Waals surface area contributed by atoms with Crippen LogP contribution in [0.25, 0.3) is 0 Å². The molecule has 1 aromatic carbocycles. The average Bonchev–Trinajstić information content (AvgIpc) is 2.87. The second-order valence-corrected chi connectivity index (χ2v) is 5.44. The van der Waals surface area contributed by atoms with Crippen molar-refractivity contribution in [3.05, 3.63) is 69.4 Å². The molecule has 0 saturated heterocycles. The number of carboxylic acids is 1. The monoisotopic (exact) mass is 306 g/mol. The first kappa shape index (κ1) is 14.9. The predicted molar refractivity (Wildman–Crippen MR) is 76.2 cm³/mol. The number of thiophene rings is 1. The van der Waals surface area contributed by atoms with Crippen molar-refractivity contribution in [2.45, 2.75) is 6.42 Å². The fourth-order valence-electron chi connectivity index (χ4n) is 1.71. The van der Waals surface area contributed by atoms with Crippen LogP contribution in [-0.4, -0.2) is 22.0 Å². The highest BCUT2D eigenvalue weighted by Crippen LogP contribution is 2.21. The molecular formula is C15H11FO4S. The molecule has 0 aliphatic heterocycles. The zero-order chi connectivity index (χ0) is 15.4. The molecule has 2 N–H and O–H groups in total. The average molecular weight is 306 g/mol. The molecular weight excluding hydrogens is 295 g/mol. The van der Waals surface area contributed by atoms with E-state index < -0.39 is 17.5 Å². The molecule has 21 heavy (non-hydrogen) atoms. The lowest BCUT2D eigenvalue weighted by Crippen LogP contribution is -2.02. The zero-order valence-corrected chi connectivity index (χ0v) is 11.6. The Bertz CT molecular complexity index is 718. The van der Waals surface area contributed by atoms with Crippen molar-refractivity contribution in [2.24, 2.45) is 0 Å². The summed E-state index contributed by atoms with van der Waals surface area (Å²) in [5.74, 6) is -3.46. The number of hydrogen-bond donors (Lipinski definition) is 2. The van der Waals surface area contributed by atoms with Crippen LogP contribution in [0.4, 0.5) is 4.39 Å². The molecule has 0 spiro atoms. The first-order valence-electron chi connectivity index (χ1n) is 5.97.